The van der Waals surface area contributed by atoms with Crippen LogP contribution in [0.25, 0.3) is 0 Å². The van der Waals surface area contributed by atoms with Crippen molar-refractivity contribution in [2.24, 2.45) is 0 Å². The molecule has 0 atom stereocenters. The average molecular weight is 485 g/mol. The standard InChI is InChI=1S/C24H18ClFN2O4S/c1-31-15-9-11-20(32-2)19(13-15)27-21-22(33-16-6-4-3-5-7-16)24(30)28(23(21)29)14-8-10-18(26)17(25)12-14/h3-13,27H,1-2H3. The Bertz CT molecular complexity index is 1270. The predicted molar refractivity (Wildman–Crippen MR) is 126 cm³/mol. The smallest absolute Gasteiger partial charge is 0.283 e. The third kappa shape index (κ3) is 4.53. The molecule has 0 aliphatic carbocycles. The molecular weight excluding hydrogens is 467 g/mol. The topological polar surface area (TPSA) is 67.9 Å². The van der Waals surface area contributed by atoms with Crippen molar-refractivity contribution in [3.8, 4) is 11.5 Å². The molecule has 0 bridgehead atoms. The maximum atomic E-state index is 13.7. The van der Waals surface area contributed by atoms with Gasteiger partial charge in [-0.25, -0.2) is 9.29 Å². The summed E-state index contributed by atoms with van der Waals surface area (Å²) in [5.41, 5.74) is 0.663. The number of carbonyl (C=O) groups is 2. The van der Waals surface area contributed by atoms with Crippen molar-refractivity contribution >= 4 is 46.6 Å². The van der Waals surface area contributed by atoms with Crippen molar-refractivity contribution in [1.29, 1.82) is 0 Å². The molecule has 4 rings (SSSR count). The molecular formula is C24H18ClFN2O4S. The van der Waals surface area contributed by atoms with E-state index in [4.69, 9.17) is 21.1 Å². The van der Waals surface area contributed by atoms with E-state index in [1.165, 1.54) is 26.4 Å². The van der Waals surface area contributed by atoms with Crippen LogP contribution in [0.15, 0.2) is 82.2 Å². The second-order valence-corrected chi connectivity index (χ2v) is 8.35. The van der Waals surface area contributed by atoms with Crippen LogP contribution in [0.1, 0.15) is 0 Å². The lowest BCUT2D eigenvalue weighted by Crippen LogP contribution is -2.32. The van der Waals surface area contributed by atoms with Crippen LogP contribution in [-0.4, -0.2) is 26.0 Å². The highest BCUT2D eigenvalue weighted by Crippen LogP contribution is 2.40. The molecule has 1 N–H and O–H groups in total. The van der Waals surface area contributed by atoms with E-state index in [2.05, 4.69) is 5.32 Å². The fourth-order valence-corrected chi connectivity index (χ4v) is 4.35. The molecule has 3 aromatic carbocycles. The fraction of sp³-hybridized carbons (Fsp3) is 0.0833. The summed E-state index contributed by atoms with van der Waals surface area (Å²) in [5, 5.41) is 2.85. The molecule has 6 nitrogen and oxygen atoms in total. The zero-order valence-corrected chi connectivity index (χ0v) is 19.2. The maximum Gasteiger partial charge on any atom is 0.283 e. The second kappa shape index (κ2) is 9.56. The summed E-state index contributed by atoms with van der Waals surface area (Å²) in [5.74, 6) is -0.816. The van der Waals surface area contributed by atoms with Crippen molar-refractivity contribution in [3.05, 3.63) is 88.2 Å². The quantitative estimate of drug-likeness (QED) is 0.447. The van der Waals surface area contributed by atoms with Crippen LogP contribution in [0.5, 0.6) is 11.5 Å². The normalized spacial score (nSPS) is 13.5. The molecule has 0 fully saturated rings. The van der Waals surface area contributed by atoms with E-state index < -0.39 is 17.6 Å². The summed E-state index contributed by atoms with van der Waals surface area (Å²) >= 11 is 7.05. The van der Waals surface area contributed by atoms with Crippen LogP contribution in [0.2, 0.25) is 5.02 Å². The molecule has 33 heavy (non-hydrogen) atoms. The molecule has 1 aliphatic heterocycles. The van der Waals surface area contributed by atoms with Crippen molar-refractivity contribution in [1.82, 2.24) is 0 Å². The number of benzene rings is 3. The van der Waals surface area contributed by atoms with E-state index in [0.29, 0.717) is 17.2 Å². The summed E-state index contributed by atoms with van der Waals surface area (Å²) in [4.78, 5) is 28.7. The lowest BCUT2D eigenvalue weighted by Gasteiger charge is -2.16. The lowest BCUT2D eigenvalue weighted by atomic mass is 10.2. The highest BCUT2D eigenvalue weighted by Gasteiger charge is 2.40. The van der Waals surface area contributed by atoms with Gasteiger partial charge in [-0.05, 0) is 42.5 Å². The van der Waals surface area contributed by atoms with E-state index in [1.807, 2.05) is 30.3 Å². The van der Waals surface area contributed by atoms with Gasteiger partial charge in [0.2, 0.25) is 0 Å². The summed E-state index contributed by atoms with van der Waals surface area (Å²) in [6.07, 6.45) is 0. The predicted octanol–water partition coefficient (Wildman–Crippen LogP) is 5.49. The van der Waals surface area contributed by atoms with Gasteiger partial charge in [0.05, 0.1) is 30.6 Å². The number of hydrogen-bond donors (Lipinski definition) is 1. The number of nitrogens with zero attached hydrogens (tertiary/aromatic N) is 1. The zero-order chi connectivity index (χ0) is 23.5. The Labute approximate surface area is 198 Å². The Balaban J connectivity index is 1.79. The van der Waals surface area contributed by atoms with Gasteiger partial charge in [-0.2, -0.15) is 0 Å². The number of rotatable bonds is 7. The highest BCUT2D eigenvalue weighted by atomic mass is 35.5. The Morgan fingerprint density at radius 3 is 2.36 bits per heavy atom. The van der Waals surface area contributed by atoms with Gasteiger partial charge in [-0.3, -0.25) is 9.59 Å². The zero-order valence-electron chi connectivity index (χ0n) is 17.6. The first kappa shape index (κ1) is 22.7. The van der Waals surface area contributed by atoms with Gasteiger partial charge in [0, 0.05) is 11.0 Å². The molecule has 9 heteroatoms. The van der Waals surface area contributed by atoms with E-state index in [9.17, 15) is 14.0 Å². The largest absolute Gasteiger partial charge is 0.497 e. The van der Waals surface area contributed by atoms with Gasteiger partial charge < -0.3 is 14.8 Å². The van der Waals surface area contributed by atoms with E-state index in [-0.39, 0.29) is 21.3 Å². The first-order chi connectivity index (χ1) is 15.9. The van der Waals surface area contributed by atoms with Crippen molar-refractivity contribution in [2.75, 3.05) is 24.4 Å². The first-order valence-corrected chi connectivity index (χ1v) is 10.9. The average Bonchev–Trinajstić information content (AvgIpc) is 3.05. The van der Waals surface area contributed by atoms with Gasteiger partial charge >= 0.3 is 0 Å². The number of anilines is 2. The first-order valence-electron chi connectivity index (χ1n) is 9.73. The monoisotopic (exact) mass is 484 g/mol. The van der Waals surface area contributed by atoms with Gasteiger partial charge in [0.15, 0.2) is 0 Å². The van der Waals surface area contributed by atoms with Crippen LogP contribution in [0.4, 0.5) is 15.8 Å². The molecule has 2 amide bonds. The highest BCUT2D eigenvalue weighted by molar-refractivity contribution is 8.04. The van der Waals surface area contributed by atoms with Crippen LogP contribution >= 0.6 is 23.4 Å². The summed E-state index contributed by atoms with van der Waals surface area (Å²) in [6, 6.07) is 17.9. The minimum Gasteiger partial charge on any atom is -0.497 e. The molecule has 3 aromatic rings. The van der Waals surface area contributed by atoms with E-state index in [1.54, 1.807) is 18.2 Å². The number of nitrogens with one attached hydrogen (secondary N) is 1. The van der Waals surface area contributed by atoms with Crippen molar-refractivity contribution in [3.63, 3.8) is 0 Å². The van der Waals surface area contributed by atoms with Crippen molar-refractivity contribution < 1.29 is 23.5 Å². The lowest BCUT2D eigenvalue weighted by molar-refractivity contribution is -0.120. The molecule has 0 saturated carbocycles. The number of imide groups is 1. The number of carbonyl (C=O) groups excluding carboxylic acids is 2. The number of thioether (sulfide) groups is 1. The van der Waals surface area contributed by atoms with Crippen LogP contribution in [0, 0.1) is 5.82 Å². The molecule has 1 aliphatic rings. The second-order valence-electron chi connectivity index (χ2n) is 6.85. The SMILES string of the molecule is COc1ccc(OC)c(NC2=C(Sc3ccccc3)C(=O)N(c3ccc(F)c(Cl)c3)C2=O)c1. The molecule has 1 heterocycles. The minimum absolute atomic E-state index is 0.0563. The maximum absolute atomic E-state index is 13.7. The van der Waals surface area contributed by atoms with Gasteiger partial charge in [-0.1, -0.05) is 41.6 Å². The Hall–Kier alpha value is -3.49. The van der Waals surface area contributed by atoms with Crippen molar-refractivity contribution in [2.45, 2.75) is 4.90 Å². The summed E-state index contributed by atoms with van der Waals surface area (Å²) in [6.45, 7) is 0. The summed E-state index contributed by atoms with van der Waals surface area (Å²) < 4.78 is 24.4. The van der Waals surface area contributed by atoms with Crippen LogP contribution in [0.3, 0.4) is 0 Å². The third-order valence-corrected chi connectivity index (χ3v) is 6.21. The molecule has 0 spiro atoms. The fourth-order valence-electron chi connectivity index (χ4n) is 3.23. The Kier molecular flexibility index (Phi) is 6.57. The van der Waals surface area contributed by atoms with Crippen LogP contribution in [-0.2, 0) is 9.59 Å². The van der Waals surface area contributed by atoms with Gasteiger partial charge in [0.25, 0.3) is 11.8 Å². The molecule has 0 radical (unpaired) electrons. The number of ether oxygens (including phenoxy) is 2. The number of hydrogen-bond acceptors (Lipinski definition) is 6. The number of halogens is 2. The van der Waals surface area contributed by atoms with E-state index in [0.717, 1.165) is 27.6 Å². The van der Waals surface area contributed by atoms with Gasteiger partial charge in [-0.15, -0.1) is 0 Å². The number of methoxy groups -OCH3 is 2. The summed E-state index contributed by atoms with van der Waals surface area (Å²) in [7, 11) is 3.02. The Morgan fingerprint density at radius 1 is 0.939 bits per heavy atom. The van der Waals surface area contributed by atoms with Crippen LogP contribution < -0.4 is 19.7 Å². The minimum atomic E-state index is -0.647. The van der Waals surface area contributed by atoms with E-state index >= 15 is 0 Å². The molecule has 0 saturated heterocycles. The molecule has 0 aromatic heterocycles. The Morgan fingerprint density at radius 2 is 1.70 bits per heavy atom. The molecule has 168 valence electrons. The molecule has 0 unspecified atom stereocenters. The van der Waals surface area contributed by atoms with Gasteiger partial charge in [0.1, 0.15) is 27.9 Å². The number of amides is 2. The third-order valence-electron chi connectivity index (χ3n) is 4.83.